The second kappa shape index (κ2) is 7.94. The minimum atomic E-state index is -0.777. The number of ketones is 3. The molecule has 0 unspecified atom stereocenters. The maximum atomic E-state index is 13.3. The van der Waals surface area contributed by atoms with E-state index in [0.29, 0.717) is 0 Å². The molecule has 0 bridgehead atoms. The number of ether oxygens (including phenoxy) is 3. The first-order valence-electron chi connectivity index (χ1n) is 9.01. The third-order valence-electron chi connectivity index (χ3n) is 4.30. The Morgan fingerprint density at radius 1 is 0.613 bits per heavy atom. The van der Waals surface area contributed by atoms with E-state index in [0.717, 1.165) is 26.8 Å². The molecule has 0 spiro atoms. The fourth-order valence-corrected chi connectivity index (χ4v) is 3.20. The molecule has 0 atom stereocenters. The molecular weight excluding hydrogens is 408 g/mol. The average Bonchev–Trinajstić information content (AvgIpc) is 2.63. The highest BCUT2D eigenvalue weighted by molar-refractivity contribution is 6.31. The van der Waals surface area contributed by atoms with E-state index >= 15 is 0 Å². The monoisotopic (exact) mass is 424 g/mol. The standard InChI is InChI=1S/C22H16O9/c1-9(23)13-5-15-19(17(6-13)30-11(3)25)22(28)20-16(21(15)27)7-14(29-10(2)24)8-18(20)31-12(4)26/h5-8H,1-4H3. The molecule has 9 nitrogen and oxygen atoms in total. The smallest absolute Gasteiger partial charge is 0.308 e. The summed E-state index contributed by atoms with van der Waals surface area (Å²) in [5, 5.41) is 0. The maximum absolute atomic E-state index is 13.3. The van der Waals surface area contributed by atoms with Crippen LogP contribution in [0.3, 0.4) is 0 Å². The van der Waals surface area contributed by atoms with Gasteiger partial charge in [-0.3, -0.25) is 28.8 Å². The Balaban J connectivity index is 2.33. The summed E-state index contributed by atoms with van der Waals surface area (Å²) in [6, 6.07) is 4.71. The van der Waals surface area contributed by atoms with Gasteiger partial charge < -0.3 is 14.2 Å². The van der Waals surface area contributed by atoms with Crippen molar-refractivity contribution in [2.24, 2.45) is 0 Å². The molecule has 0 aliphatic heterocycles. The van der Waals surface area contributed by atoms with E-state index in [2.05, 4.69) is 0 Å². The van der Waals surface area contributed by atoms with Crippen LogP contribution in [0.25, 0.3) is 0 Å². The second-order valence-electron chi connectivity index (χ2n) is 6.74. The molecule has 0 heterocycles. The molecule has 0 amide bonds. The summed E-state index contributed by atoms with van der Waals surface area (Å²) in [5.74, 6) is -4.80. The largest absolute Gasteiger partial charge is 0.427 e. The van der Waals surface area contributed by atoms with Crippen LogP contribution in [-0.4, -0.2) is 35.3 Å². The summed E-state index contributed by atoms with van der Waals surface area (Å²) in [4.78, 5) is 73.0. The summed E-state index contributed by atoms with van der Waals surface area (Å²) >= 11 is 0. The van der Waals surface area contributed by atoms with E-state index < -0.39 is 35.3 Å². The lowest BCUT2D eigenvalue weighted by molar-refractivity contribution is -0.133. The Labute approximate surface area is 175 Å². The SMILES string of the molecule is CC(=O)Oc1cc(OC(C)=O)c2c(c1)C(=O)c1cc(C(C)=O)cc(OC(C)=O)c1C2=O. The fraction of sp³-hybridized carbons (Fsp3) is 0.182. The van der Waals surface area contributed by atoms with Crippen LogP contribution in [0, 0.1) is 0 Å². The number of hydrogen-bond acceptors (Lipinski definition) is 9. The average molecular weight is 424 g/mol. The Hall–Kier alpha value is -4.14. The first kappa shape index (κ1) is 21.6. The van der Waals surface area contributed by atoms with Gasteiger partial charge in [0, 0.05) is 43.5 Å². The van der Waals surface area contributed by atoms with Gasteiger partial charge in [0.2, 0.25) is 5.78 Å². The van der Waals surface area contributed by atoms with Crippen molar-refractivity contribution in [2.45, 2.75) is 27.7 Å². The van der Waals surface area contributed by atoms with Crippen molar-refractivity contribution >= 4 is 35.3 Å². The van der Waals surface area contributed by atoms with Crippen LogP contribution < -0.4 is 14.2 Å². The van der Waals surface area contributed by atoms with E-state index in [9.17, 15) is 28.8 Å². The lowest BCUT2D eigenvalue weighted by Crippen LogP contribution is -2.25. The molecule has 0 fully saturated rings. The summed E-state index contributed by atoms with van der Waals surface area (Å²) in [5.41, 5.74) is -0.813. The maximum Gasteiger partial charge on any atom is 0.308 e. The van der Waals surface area contributed by atoms with Crippen molar-refractivity contribution in [3.05, 3.63) is 52.1 Å². The van der Waals surface area contributed by atoms with Crippen molar-refractivity contribution < 1.29 is 43.0 Å². The number of carbonyl (C=O) groups is 6. The normalized spacial score (nSPS) is 11.9. The first-order valence-corrected chi connectivity index (χ1v) is 9.01. The van der Waals surface area contributed by atoms with Gasteiger partial charge in [-0.05, 0) is 25.1 Å². The summed E-state index contributed by atoms with van der Waals surface area (Å²) in [6.45, 7) is 4.58. The molecule has 158 valence electrons. The predicted octanol–water partition coefficient (Wildman–Crippen LogP) is 2.44. The highest BCUT2D eigenvalue weighted by Crippen LogP contribution is 2.40. The number of fused-ring (bicyclic) bond motifs is 2. The quantitative estimate of drug-likeness (QED) is 0.352. The highest BCUT2D eigenvalue weighted by atomic mass is 16.5. The minimum absolute atomic E-state index is 0.0518. The van der Waals surface area contributed by atoms with Gasteiger partial charge in [0.1, 0.15) is 17.2 Å². The van der Waals surface area contributed by atoms with Gasteiger partial charge in [0.25, 0.3) is 0 Å². The van der Waals surface area contributed by atoms with Gasteiger partial charge in [-0.2, -0.15) is 0 Å². The van der Waals surface area contributed by atoms with Gasteiger partial charge in [0.15, 0.2) is 11.6 Å². The van der Waals surface area contributed by atoms with Gasteiger partial charge in [-0.15, -0.1) is 0 Å². The third kappa shape index (κ3) is 4.11. The zero-order chi connectivity index (χ0) is 23.0. The Kier molecular flexibility index (Phi) is 5.52. The fourth-order valence-electron chi connectivity index (χ4n) is 3.20. The van der Waals surface area contributed by atoms with Crippen LogP contribution in [0.5, 0.6) is 17.2 Å². The Bertz CT molecular complexity index is 1200. The molecule has 0 N–H and O–H groups in total. The predicted molar refractivity (Wildman–Crippen MR) is 104 cm³/mol. The van der Waals surface area contributed by atoms with Crippen LogP contribution in [0.1, 0.15) is 69.9 Å². The molecule has 9 heteroatoms. The summed E-state index contributed by atoms with van der Waals surface area (Å²) < 4.78 is 15.2. The molecule has 0 aromatic heterocycles. The number of benzene rings is 2. The van der Waals surface area contributed by atoms with Crippen LogP contribution in [0.4, 0.5) is 0 Å². The summed E-state index contributed by atoms with van der Waals surface area (Å²) in [7, 11) is 0. The molecule has 1 aliphatic carbocycles. The molecular formula is C22H16O9. The zero-order valence-corrected chi connectivity index (χ0v) is 17.0. The molecule has 0 saturated carbocycles. The van der Waals surface area contributed by atoms with Crippen LogP contribution in [0.2, 0.25) is 0 Å². The van der Waals surface area contributed by atoms with Crippen LogP contribution in [-0.2, 0) is 14.4 Å². The Morgan fingerprint density at radius 3 is 1.58 bits per heavy atom. The van der Waals surface area contributed by atoms with E-state index in [1.807, 2.05) is 0 Å². The van der Waals surface area contributed by atoms with Crippen molar-refractivity contribution in [2.75, 3.05) is 0 Å². The van der Waals surface area contributed by atoms with Gasteiger partial charge in [-0.25, -0.2) is 0 Å². The van der Waals surface area contributed by atoms with Crippen LogP contribution >= 0.6 is 0 Å². The number of Topliss-reactive ketones (excluding diaryl/α,β-unsaturated/α-hetero) is 1. The third-order valence-corrected chi connectivity index (χ3v) is 4.30. The van der Waals surface area contributed by atoms with Crippen molar-refractivity contribution in [1.29, 1.82) is 0 Å². The van der Waals surface area contributed by atoms with Crippen molar-refractivity contribution in [3.8, 4) is 17.2 Å². The van der Waals surface area contributed by atoms with E-state index in [-0.39, 0.29) is 45.1 Å². The molecule has 1 aliphatic rings. The van der Waals surface area contributed by atoms with E-state index in [4.69, 9.17) is 14.2 Å². The van der Waals surface area contributed by atoms with Crippen molar-refractivity contribution in [1.82, 2.24) is 0 Å². The summed E-state index contributed by atoms with van der Waals surface area (Å²) in [6.07, 6.45) is 0. The molecule has 2 aromatic rings. The van der Waals surface area contributed by atoms with E-state index in [1.54, 1.807) is 0 Å². The number of hydrogen-bond donors (Lipinski definition) is 0. The van der Waals surface area contributed by atoms with Gasteiger partial charge in [-0.1, -0.05) is 0 Å². The van der Waals surface area contributed by atoms with E-state index in [1.165, 1.54) is 25.1 Å². The molecule has 0 radical (unpaired) electrons. The van der Waals surface area contributed by atoms with Crippen molar-refractivity contribution in [3.63, 3.8) is 0 Å². The molecule has 2 aromatic carbocycles. The Morgan fingerprint density at radius 2 is 1.10 bits per heavy atom. The second-order valence-corrected chi connectivity index (χ2v) is 6.74. The van der Waals surface area contributed by atoms with Gasteiger partial charge >= 0.3 is 17.9 Å². The number of carbonyl (C=O) groups excluding carboxylic acids is 6. The lowest BCUT2D eigenvalue weighted by Gasteiger charge is -2.22. The highest BCUT2D eigenvalue weighted by Gasteiger charge is 2.37. The topological polar surface area (TPSA) is 130 Å². The zero-order valence-electron chi connectivity index (χ0n) is 17.0. The lowest BCUT2D eigenvalue weighted by atomic mass is 9.81. The van der Waals surface area contributed by atoms with Gasteiger partial charge in [0.05, 0.1) is 11.1 Å². The molecule has 31 heavy (non-hydrogen) atoms. The number of rotatable bonds is 4. The van der Waals surface area contributed by atoms with Crippen LogP contribution in [0.15, 0.2) is 24.3 Å². The molecule has 0 saturated heterocycles. The first-order chi connectivity index (χ1) is 14.5. The number of esters is 3. The molecule has 3 rings (SSSR count). The minimum Gasteiger partial charge on any atom is -0.427 e.